The molecule has 3 aromatic rings. The van der Waals surface area contributed by atoms with Gasteiger partial charge in [-0.3, -0.25) is 19.7 Å². The number of carbonyl (C=O) groups excluding carboxylic acids is 2. The van der Waals surface area contributed by atoms with Gasteiger partial charge in [-0.15, -0.1) is 0 Å². The summed E-state index contributed by atoms with van der Waals surface area (Å²) in [6.45, 7) is 0. The highest BCUT2D eigenvalue weighted by atomic mass is 16.6. The van der Waals surface area contributed by atoms with Crippen LogP contribution in [-0.4, -0.2) is 23.8 Å². The van der Waals surface area contributed by atoms with Crippen LogP contribution in [0.3, 0.4) is 0 Å². The van der Waals surface area contributed by atoms with Crippen LogP contribution in [0.1, 0.15) is 20.7 Å². The lowest BCUT2D eigenvalue weighted by atomic mass is 9.92. The number of hydrogen-bond acceptors (Lipinski definition) is 5. The monoisotopic (exact) mass is 348 g/mol. The fraction of sp³-hybridized carbons (Fsp3) is 0.0526. The molecule has 0 saturated carbocycles. The summed E-state index contributed by atoms with van der Waals surface area (Å²) in [5.41, 5.74) is 0.668. The van der Waals surface area contributed by atoms with Crippen LogP contribution in [0.15, 0.2) is 54.6 Å². The van der Waals surface area contributed by atoms with E-state index in [2.05, 4.69) is 0 Å². The molecule has 128 valence electrons. The van der Waals surface area contributed by atoms with E-state index in [-0.39, 0.29) is 22.2 Å². The van der Waals surface area contributed by atoms with E-state index in [1.807, 2.05) is 0 Å². The summed E-state index contributed by atoms with van der Waals surface area (Å²) < 4.78 is 5.27. The first-order chi connectivity index (χ1) is 12.5. The van der Waals surface area contributed by atoms with Gasteiger partial charge in [0.15, 0.2) is 0 Å². The molecule has 0 fully saturated rings. The average molecular weight is 348 g/mol. The first-order valence-corrected chi connectivity index (χ1v) is 7.76. The SMILES string of the molecule is COc1ccccc1N1C(=O)c2cccc3c([N+](=O)[O-])ccc(c23)C1=O. The third-order valence-corrected chi connectivity index (χ3v) is 4.41. The van der Waals surface area contributed by atoms with E-state index < -0.39 is 16.7 Å². The third-order valence-electron chi connectivity index (χ3n) is 4.41. The van der Waals surface area contributed by atoms with Crippen molar-refractivity contribution in [2.24, 2.45) is 0 Å². The Hall–Kier alpha value is -3.74. The van der Waals surface area contributed by atoms with Crippen molar-refractivity contribution in [1.29, 1.82) is 0 Å². The van der Waals surface area contributed by atoms with Gasteiger partial charge >= 0.3 is 0 Å². The molecule has 0 aliphatic carbocycles. The van der Waals surface area contributed by atoms with Gasteiger partial charge in [0, 0.05) is 22.6 Å². The molecule has 2 amide bonds. The van der Waals surface area contributed by atoms with E-state index in [0.29, 0.717) is 16.8 Å². The Labute approximate surface area is 147 Å². The highest BCUT2D eigenvalue weighted by molar-refractivity contribution is 6.36. The Morgan fingerprint density at radius 1 is 0.923 bits per heavy atom. The van der Waals surface area contributed by atoms with E-state index in [1.54, 1.807) is 42.5 Å². The minimum absolute atomic E-state index is 0.142. The van der Waals surface area contributed by atoms with E-state index in [4.69, 9.17) is 4.74 Å². The average Bonchev–Trinajstić information content (AvgIpc) is 2.66. The first kappa shape index (κ1) is 15.8. The molecule has 1 heterocycles. The summed E-state index contributed by atoms with van der Waals surface area (Å²) in [7, 11) is 1.45. The molecule has 26 heavy (non-hydrogen) atoms. The van der Waals surface area contributed by atoms with Crippen molar-refractivity contribution in [2.45, 2.75) is 0 Å². The summed E-state index contributed by atoms with van der Waals surface area (Å²) in [6, 6.07) is 14.1. The summed E-state index contributed by atoms with van der Waals surface area (Å²) in [5.74, 6) is -0.706. The molecule has 0 radical (unpaired) electrons. The van der Waals surface area contributed by atoms with Gasteiger partial charge in [-0.25, -0.2) is 4.90 Å². The van der Waals surface area contributed by atoms with E-state index in [0.717, 1.165) is 4.90 Å². The number of amides is 2. The van der Waals surface area contributed by atoms with Crippen molar-refractivity contribution in [3.63, 3.8) is 0 Å². The Morgan fingerprint density at radius 2 is 1.62 bits per heavy atom. The second kappa shape index (κ2) is 5.66. The number of benzene rings is 3. The van der Waals surface area contributed by atoms with Gasteiger partial charge in [0.1, 0.15) is 5.75 Å². The van der Waals surface area contributed by atoms with Gasteiger partial charge in [-0.1, -0.05) is 18.2 Å². The molecule has 1 aliphatic rings. The molecular formula is C19H12N2O5. The maximum atomic E-state index is 13.0. The topological polar surface area (TPSA) is 89.8 Å². The first-order valence-electron chi connectivity index (χ1n) is 7.76. The third kappa shape index (κ3) is 2.07. The quantitative estimate of drug-likeness (QED) is 0.410. The number of nitrogens with zero attached hydrogens (tertiary/aromatic N) is 2. The summed E-state index contributed by atoms with van der Waals surface area (Å²) in [6.07, 6.45) is 0. The van der Waals surface area contributed by atoms with Crippen molar-refractivity contribution in [2.75, 3.05) is 12.0 Å². The van der Waals surface area contributed by atoms with Crippen LogP contribution >= 0.6 is 0 Å². The number of methoxy groups -OCH3 is 1. The smallest absolute Gasteiger partial charge is 0.277 e. The Kier molecular flexibility index (Phi) is 3.43. The van der Waals surface area contributed by atoms with Crippen molar-refractivity contribution < 1.29 is 19.2 Å². The number of imide groups is 1. The van der Waals surface area contributed by atoms with Crippen LogP contribution in [0.2, 0.25) is 0 Å². The molecular weight excluding hydrogens is 336 g/mol. The van der Waals surface area contributed by atoms with Gasteiger partial charge in [0.2, 0.25) is 0 Å². The molecule has 0 N–H and O–H groups in total. The summed E-state index contributed by atoms with van der Waals surface area (Å²) in [5, 5.41) is 11.9. The molecule has 0 atom stereocenters. The second-order valence-corrected chi connectivity index (χ2v) is 5.74. The zero-order valence-corrected chi connectivity index (χ0v) is 13.6. The predicted octanol–water partition coefficient (Wildman–Crippen LogP) is 3.56. The number of para-hydroxylation sites is 2. The van der Waals surface area contributed by atoms with Gasteiger partial charge in [0.25, 0.3) is 17.5 Å². The summed E-state index contributed by atoms with van der Waals surface area (Å²) in [4.78, 5) is 37.9. The van der Waals surface area contributed by atoms with Crippen LogP contribution in [0, 0.1) is 10.1 Å². The van der Waals surface area contributed by atoms with E-state index >= 15 is 0 Å². The fourth-order valence-electron chi connectivity index (χ4n) is 3.27. The Bertz CT molecular complexity index is 1080. The van der Waals surface area contributed by atoms with Crippen molar-refractivity contribution in [3.05, 3.63) is 75.8 Å². The number of nitro groups is 1. The number of nitro benzene ring substituents is 1. The van der Waals surface area contributed by atoms with Gasteiger partial charge in [-0.05, 0) is 30.3 Å². The van der Waals surface area contributed by atoms with Crippen LogP contribution < -0.4 is 9.64 Å². The molecule has 0 saturated heterocycles. The molecule has 1 aliphatic heterocycles. The lowest BCUT2D eigenvalue weighted by molar-refractivity contribution is -0.383. The number of carbonyl (C=O) groups is 2. The summed E-state index contributed by atoms with van der Waals surface area (Å²) >= 11 is 0. The highest BCUT2D eigenvalue weighted by Crippen LogP contribution is 2.39. The number of non-ortho nitro benzene ring substituents is 1. The van der Waals surface area contributed by atoms with E-state index in [1.165, 1.54) is 19.2 Å². The van der Waals surface area contributed by atoms with Gasteiger partial charge in [-0.2, -0.15) is 0 Å². The Morgan fingerprint density at radius 3 is 2.31 bits per heavy atom. The minimum Gasteiger partial charge on any atom is -0.495 e. The lowest BCUT2D eigenvalue weighted by Gasteiger charge is -2.28. The minimum atomic E-state index is -0.543. The fourth-order valence-corrected chi connectivity index (χ4v) is 3.27. The Balaban J connectivity index is 2.01. The zero-order chi connectivity index (χ0) is 18.4. The molecule has 3 aromatic carbocycles. The van der Waals surface area contributed by atoms with Gasteiger partial charge in [0.05, 0.1) is 23.1 Å². The zero-order valence-electron chi connectivity index (χ0n) is 13.6. The van der Waals surface area contributed by atoms with Crippen molar-refractivity contribution in [1.82, 2.24) is 0 Å². The number of anilines is 1. The molecule has 0 unspecified atom stereocenters. The molecule has 7 nitrogen and oxygen atoms in total. The maximum absolute atomic E-state index is 13.0. The highest BCUT2D eigenvalue weighted by Gasteiger charge is 2.36. The standard InChI is InChI=1S/C19H12N2O5/c1-26-16-8-3-2-7-15(16)20-18(22)12-6-4-5-11-14(21(24)25)10-9-13(17(11)12)19(20)23/h2-10H,1H3. The number of rotatable bonds is 3. The maximum Gasteiger partial charge on any atom is 0.277 e. The van der Waals surface area contributed by atoms with Crippen LogP contribution in [0.5, 0.6) is 5.75 Å². The molecule has 0 aromatic heterocycles. The predicted molar refractivity (Wildman–Crippen MR) is 94.7 cm³/mol. The molecule has 0 spiro atoms. The number of ether oxygens (including phenoxy) is 1. The van der Waals surface area contributed by atoms with Crippen LogP contribution in [-0.2, 0) is 0 Å². The van der Waals surface area contributed by atoms with Crippen LogP contribution in [0.4, 0.5) is 11.4 Å². The second-order valence-electron chi connectivity index (χ2n) is 5.74. The van der Waals surface area contributed by atoms with Crippen LogP contribution in [0.25, 0.3) is 10.8 Å². The number of hydrogen-bond donors (Lipinski definition) is 0. The van der Waals surface area contributed by atoms with Crippen molar-refractivity contribution >= 4 is 34.0 Å². The van der Waals surface area contributed by atoms with E-state index in [9.17, 15) is 19.7 Å². The largest absolute Gasteiger partial charge is 0.495 e. The molecule has 7 heteroatoms. The normalized spacial score (nSPS) is 13.2. The van der Waals surface area contributed by atoms with Gasteiger partial charge < -0.3 is 4.74 Å². The van der Waals surface area contributed by atoms with Crippen molar-refractivity contribution in [3.8, 4) is 5.75 Å². The molecule has 0 bridgehead atoms. The molecule has 4 rings (SSSR count). The lowest BCUT2D eigenvalue weighted by Crippen LogP contribution is -2.40.